The molecule has 0 spiro atoms. The predicted octanol–water partition coefficient (Wildman–Crippen LogP) is 2.49. The van der Waals surface area contributed by atoms with E-state index in [4.69, 9.17) is 0 Å². The van der Waals surface area contributed by atoms with Crippen LogP contribution in [0.3, 0.4) is 0 Å². The number of fused-ring (bicyclic) bond motifs is 1. The molecule has 0 saturated carbocycles. The first-order valence-corrected chi connectivity index (χ1v) is 6.73. The van der Waals surface area contributed by atoms with Crippen molar-refractivity contribution < 1.29 is 0 Å². The molecular weight excluding hydrogens is 220 g/mol. The molecule has 0 aliphatic rings. The standard InChI is InChI=1S/C16H12Si/c1-2-8-15(9-3-1)17-16-11-10-13-6-4-5-7-14(13)12-16/h1-12H. The maximum atomic E-state index is 2.29. The summed E-state index contributed by atoms with van der Waals surface area (Å²) in [6.45, 7) is 0. The van der Waals surface area contributed by atoms with Crippen LogP contribution in [0.15, 0.2) is 72.8 Å². The minimum absolute atomic E-state index is 0.740. The second-order valence-electron chi connectivity index (χ2n) is 4.05. The normalized spacial score (nSPS) is 10.6. The monoisotopic (exact) mass is 232 g/mol. The van der Waals surface area contributed by atoms with Gasteiger partial charge in [-0.15, -0.1) is 0 Å². The number of hydrogen-bond acceptors (Lipinski definition) is 0. The summed E-state index contributed by atoms with van der Waals surface area (Å²) in [6.07, 6.45) is 0. The van der Waals surface area contributed by atoms with Gasteiger partial charge in [0.2, 0.25) is 0 Å². The van der Waals surface area contributed by atoms with Gasteiger partial charge >= 0.3 is 0 Å². The Morgan fingerprint density at radius 3 is 2.06 bits per heavy atom. The smallest absolute Gasteiger partial charge is 0.0631 e. The predicted molar refractivity (Wildman–Crippen MR) is 75.4 cm³/mol. The summed E-state index contributed by atoms with van der Waals surface area (Å²) >= 11 is 0. The van der Waals surface area contributed by atoms with Gasteiger partial charge < -0.3 is 0 Å². The van der Waals surface area contributed by atoms with Gasteiger partial charge in [0.15, 0.2) is 0 Å². The van der Waals surface area contributed by atoms with Gasteiger partial charge in [-0.25, -0.2) is 0 Å². The lowest BCUT2D eigenvalue weighted by atomic mass is 10.1. The quantitative estimate of drug-likeness (QED) is 0.596. The number of hydrogen-bond donors (Lipinski definition) is 0. The third-order valence-electron chi connectivity index (χ3n) is 2.81. The Hall–Kier alpha value is -1.86. The minimum atomic E-state index is 0.740. The Labute approximate surface area is 104 Å². The van der Waals surface area contributed by atoms with E-state index >= 15 is 0 Å². The molecule has 3 aromatic rings. The maximum absolute atomic E-state index is 2.29. The zero-order valence-electron chi connectivity index (χ0n) is 9.43. The Balaban J connectivity index is 1.96. The fourth-order valence-corrected chi connectivity index (χ4v) is 3.04. The number of rotatable bonds is 2. The van der Waals surface area contributed by atoms with Gasteiger partial charge in [0.1, 0.15) is 9.52 Å². The molecule has 17 heavy (non-hydrogen) atoms. The fourth-order valence-electron chi connectivity index (χ4n) is 1.96. The molecular formula is C16H12Si. The van der Waals surface area contributed by atoms with Crippen LogP contribution in [0.2, 0.25) is 0 Å². The zero-order valence-corrected chi connectivity index (χ0v) is 10.4. The molecule has 0 nitrogen and oxygen atoms in total. The highest BCUT2D eigenvalue weighted by Gasteiger charge is 1.99. The highest BCUT2D eigenvalue weighted by atomic mass is 28.2. The molecule has 0 N–H and O–H groups in total. The summed E-state index contributed by atoms with van der Waals surface area (Å²) in [5.41, 5.74) is 0. The van der Waals surface area contributed by atoms with Crippen molar-refractivity contribution in [2.75, 3.05) is 0 Å². The van der Waals surface area contributed by atoms with Crippen LogP contribution < -0.4 is 10.4 Å². The average Bonchev–Trinajstić information content (AvgIpc) is 2.40. The first-order valence-electron chi connectivity index (χ1n) is 5.73. The van der Waals surface area contributed by atoms with Crippen LogP contribution in [-0.4, -0.2) is 9.52 Å². The van der Waals surface area contributed by atoms with Gasteiger partial charge in [0.25, 0.3) is 0 Å². The lowest BCUT2D eigenvalue weighted by Crippen LogP contribution is -2.26. The highest BCUT2D eigenvalue weighted by molar-refractivity contribution is 6.67. The summed E-state index contributed by atoms with van der Waals surface area (Å²) in [6, 6.07) is 25.9. The second kappa shape index (κ2) is 4.56. The molecule has 0 unspecified atom stereocenters. The van der Waals surface area contributed by atoms with Crippen LogP contribution in [0.25, 0.3) is 10.8 Å². The topological polar surface area (TPSA) is 0 Å². The van der Waals surface area contributed by atoms with Crippen molar-refractivity contribution in [3.8, 4) is 0 Å². The van der Waals surface area contributed by atoms with E-state index in [2.05, 4.69) is 72.8 Å². The third-order valence-corrected chi connectivity index (χ3v) is 4.03. The van der Waals surface area contributed by atoms with E-state index in [1.165, 1.54) is 21.1 Å². The Morgan fingerprint density at radius 2 is 1.24 bits per heavy atom. The van der Waals surface area contributed by atoms with Gasteiger partial charge in [-0.3, -0.25) is 0 Å². The van der Waals surface area contributed by atoms with Crippen LogP contribution in [0.4, 0.5) is 0 Å². The molecule has 1 heteroatoms. The molecule has 0 bridgehead atoms. The molecule has 0 heterocycles. The van der Waals surface area contributed by atoms with Crippen molar-refractivity contribution >= 4 is 30.7 Å². The molecule has 80 valence electrons. The van der Waals surface area contributed by atoms with Crippen molar-refractivity contribution in [1.82, 2.24) is 0 Å². The molecule has 0 aliphatic heterocycles. The van der Waals surface area contributed by atoms with Crippen molar-refractivity contribution in [3.05, 3.63) is 72.8 Å². The van der Waals surface area contributed by atoms with E-state index in [1.807, 2.05) is 0 Å². The van der Waals surface area contributed by atoms with E-state index in [1.54, 1.807) is 0 Å². The van der Waals surface area contributed by atoms with Crippen LogP contribution in [0, 0.1) is 0 Å². The molecule has 0 fully saturated rings. The van der Waals surface area contributed by atoms with Crippen LogP contribution in [0.5, 0.6) is 0 Å². The molecule has 2 radical (unpaired) electrons. The molecule has 0 amide bonds. The summed E-state index contributed by atoms with van der Waals surface area (Å²) < 4.78 is 0. The van der Waals surface area contributed by atoms with Crippen molar-refractivity contribution in [2.45, 2.75) is 0 Å². The second-order valence-corrected chi connectivity index (χ2v) is 5.46. The van der Waals surface area contributed by atoms with E-state index in [0.717, 1.165) is 9.52 Å². The Bertz CT molecular complexity index is 629. The Kier molecular flexibility index (Phi) is 2.76. The molecule has 0 aliphatic carbocycles. The zero-order chi connectivity index (χ0) is 11.5. The van der Waals surface area contributed by atoms with Crippen LogP contribution in [0.1, 0.15) is 0 Å². The lowest BCUT2D eigenvalue weighted by Gasteiger charge is -2.03. The van der Waals surface area contributed by atoms with Crippen molar-refractivity contribution in [2.24, 2.45) is 0 Å². The largest absolute Gasteiger partial charge is 0.121 e. The molecule has 0 atom stereocenters. The fraction of sp³-hybridized carbons (Fsp3) is 0. The highest BCUT2D eigenvalue weighted by Crippen LogP contribution is 2.10. The van der Waals surface area contributed by atoms with Gasteiger partial charge in [0, 0.05) is 0 Å². The summed E-state index contributed by atoms with van der Waals surface area (Å²) in [5.74, 6) is 0. The molecule has 0 saturated heterocycles. The van der Waals surface area contributed by atoms with E-state index in [9.17, 15) is 0 Å². The first-order chi connectivity index (χ1) is 8.42. The van der Waals surface area contributed by atoms with E-state index in [0.29, 0.717) is 0 Å². The number of benzene rings is 3. The summed E-state index contributed by atoms with van der Waals surface area (Å²) in [7, 11) is 0.740. The van der Waals surface area contributed by atoms with Crippen molar-refractivity contribution in [3.63, 3.8) is 0 Å². The van der Waals surface area contributed by atoms with Gasteiger partial charge in [-0.05, 0) is 10.8 Å². The first kappa shape index (κ1) is 10.3. The summed E-state index contributed by atoms with van der Waals surface area (Å²) in [4.78, 5) is 0. The summed E-state index contributed by atoms with van der Waals surface area (Å²) in [5, 5.41) is 5.43. The molecule has 0 aromatic heterocycles. The van der Waals surface area contributed by atoms with Crippen LogP contribution in [-0.2, 0) is 0 Å². The SMILES string of the molecule is c1ccc([Si]c2ccc3ccccc3c2)cc1. The average molecular weight is 232 g/mol. The maximum Gasteiger partial charge on any atom is 0.121 e. The van der Waals surface area contributed by atoms with Gasteiger partial charge in [-0.2, -0.15) is 0 Å². The minimum Gasteiger partial charge on any atom is -0.0631 e. The van der Waals surface area contributed by atoms with Gasteiger partial charge in [-0.1, -0.05) is 83.2 Å². The van der Waals surface area contributed by atoms with E-state index < -0.39 is 0 Å². The van der Waals surface area contributed by atoms with Gasteiger partial charge in [0.05, 0.1) is 0 Å². The molecule has 3 rings (SSSR count). The Morgan fingerprint density at radius 1 is 0.529 bits per heavy atom. The van der Waals surface area contributed by atoms with Crippen molar-refractivity contribution in [1.29, 1.82) is 0 Å². The molecule has 3 aromatic carbocycles. The lowest BCUT2D eigenvalue weighted by molar-refractivity contribution is 1.76. The third kappa shape index (κ3) is 2.29. The van der Waals surface area contributed by atoms with Crippen LogP contribution >= 0.6 is 0 Å². The van der Waals surface area contributed by atoms with E-state index in [-0.39, 0.29) is 0 Å².